The Labute approximate surface area is 218 Å². The van der Waals surface area contributed by atoms with Gasteiger partial charge in [-0.15, -0.1) is 0 Å². The van der Waals surface area contributed by atoms with Crippen molar-refractivity contribution in [1.29, 1.82) is 0 Å². The predicted octanol–water partition coefficient (Wildman–Crippen LogP) is 3.00. The Morgan fingerprint density at radius 3 is 2.65 bits per heavy atom. The molecule has 1 atom stereocenters. The molecule has 194 valence electrons. The summed E-state index contributed by atoms with van der Waals surface area (Å²) < 4.78 is 11.5. The lowest BCUT2D eigenvalue weighted by molar-refractivity contribution is 0.0827. The summed E-state index contributed by atoms with van der Waals surface area (Å²) in [5.41, 5.74) is 0.548. The molecule has 0 spiro atoms. The van der Waals surface area contributed by atoms with Gasteiger partial charge in [0.15, 0.2) is 11.0 Å². The first-order valence-electron chi connectivity index (χ1n) is 12.0. The van der Waals surface area contributed by atoms with E-state index in [-0.39, 0.29) is 30.0 Å². The molecule has 3 heterocycles. The Balaban J connectivity index is 1.41. The third-order valence-electron chi connectivity index (χ3n) is 5.80. The second kappa shape index (κ2) is 10.6. The number of morpholine rings is 1. The van der Waals surface area contributed by atoms with Crippen LogP contribution >= 0.6 is 11.3 Å². The number of hydrogen-bond acceptors (Lipinski definition) is 10. The standard InChI is InChI=1S/C24H28N8O4S/c1-14-13-35-11-10-32(14)21-27-19(18-12-25-24(37-18)30-22(34)26-16-6-7-16)28-23(29-21)36-17-8-4-15(5-9-17)20(33)31(2)3/h4-5,8-9,12,14,16H,6-7,10-11,13H2,1-3H3,(H2,25,26,30,34). The Kier molecular flexibility index (Phi) is 7.15. The highest BCUT2D eigenvalue weighted by atomic mass is 32.1. The van der Waals surface area contributed by atoms with Crippen molar-refractivity contribution in [3.8, 4) is 22.5 Å². The summed E-state index contributed by atoms with van der Waals surface area (Å²) in [6, 6.07) is 6.93. The summed E-state index contributed by atoms with van der Waals surface area (Å²) in [5, 5.41) is 6.08. The summed E-state index contributed by atoms with van der Waals surface area (Å²) in [4.78, 5) is 46.6. The molecule has 2 aliphatic rings. The molecule has 1 aromatic carbocycles. The minimum absolute atomic E-state index is 0.0676. The fraction of sp³-hybridized carbons (Fsp3) is 0.417. The molecular formula is C24H28N8O4S. The van der Waals surface area contributed by atoms with Crippen LogP contribution in [-0.4, -0.2) is 82.7 Å². The van der Waals surface area contributed by atoms with Gasteiger partial charge >= 0.3 is 12.0 Å². The highest BCUT2D eigenvalue weighted by molar-refractivity contribution is 7.19. The fourth-order valence-corrected chi connectivity index (χ4v) is 4.41. The number of carbonyl (C=O) groups excluding carboxylic acids is 2. The first-order chi connectivity index (χ1) is 17.9. The molecule has 0 radical (unpaired) electrons. The van der Waals surface area contributed by atoms with Gasteiger partial charge in [0.1, 0.15) is 5.75 Å². The third kappa shape index (κ3) is 6.12. The first kappa shape index (κ1) is 24.8. The molecule has 0 bridgehead atoms. The minimum atomic E-state index is -0.276. The van der Waals surface area contributed by atoms with Crippen LogP contribution in [0.2, 0.25) is 0 Å². The van der Waals surface area contributed by atoms with E-state index < -0.39 is 0 Å². The van der Waals surface area contributed by atoms with Crippen molar-refractivity contribution in [3.05, 3.63) is 36.0 Å². The van der Waals surface area contributed by atoms with Crippen molar-refractivity contribution < 1.29 is 19.1 Å². The van der Waals surface area contributed by atoms with Crippen LogP contribution in [0.3, 0.4) is 0 Å². The van der Waals surface area contributed by atoms with E-state index >= 15 is 0 Å². The average Bonchev–Trinajstić information content (AvgIpc) is 3.57. The Bertz CT molecular complexity index is 1280. The molecule has 13 heteroatoms. The lowest BCUT2D eigenvalue weighted by atomic mass is 10.2. The molecule has 1 saturated carbocycles. The highest BCUT2D eigenvalue weighted by Crippen LogP contribution is 2.31. The smallest absolute Gasteiger partial charge is 0.327 e. The molecule has 3 amide bonds. The summed E-state index contributed by atoms with van der Waals surface area (Å²) in [6.45, 7) is 3.79. The van der Waals surface area contributed by atoms with E-state index in [1.165, 1.54) is 16.2 Å². The molecule has 12 nitrogen and oxygen atoms in total. The SMILES string of the molecule is CC1COCCN1c1nc(Oc2ccc(C(=O)N(C)C)cc2)nc(-c2cnc(NC(=O)NC3CC3)s2)n1. The molecule has 2 fully saturated rings. The Morgan fingerprint density at radius 1 is 1.16 bits per heavy atom. The number of amides is 3. The van der Waals surface area contributed by atoms with Gasteiger partial charge in [-0.3, -0.25) is 10.1 Å². The van der Waals surface area contributed by atoms with Gasteiger partial charge in [0.25, 0.3) is 5.91 Å². The fourth-order valence-electron chi connectivity index (χ4n) is 3.67. The minimum Gasteiger partial charge on any atom is -0.424 e. The zero-order chi connectivity index (χ0) is 25.9. The topological polar surface area (TPSA) is 135 Å². The van der Waals surface area contributed by atoms with Gasteiger partial charge in [0.05, 0.1) is 30.3 Å². The Morgan fingerprint density at radius 2 is 1.95 bits per heavy atom. The maximum atomic E-state index is 12.2. The van der Waals surface area contributed by atoms with Crippen molar-refractivity contribution in [2.24, 2.45) is 0 Å². The van der Waals surface area contributed by atoms with Crippen LogP contribution in [0.25, 0.3) is 10.7 Å². The van der Waals surface area contributed by atoms with Gasteiger partial charge in [0, 0.05) is 32.2 Å². The monoisotopic (exact) mass is 524 g/mol. The van der Waals surface area contributed by atoms with E-state index in [0.29, 0.717) is 52.9 Å². The summed E-state index contributed by atoms with van der Waals surface area (Å²) in [5.74, 6) is 1.23. The van der Waals surface area contributed by atoms with Crippen molar-refractivity contribution in [2.75, 3.05) is 44.1 Å². The second-order valence-electron chi connectivity index (χ2n) is 9.09. The number of benzene rings is 1. The van der Waals surface area contributed by atoms with Gasteiger partial charge < -0.3 is 24.6 Å². The van der Waals surface area contributed by atoms with Crippen LogP contribution in [0.4, 0.5) is 15.9 Å². The number of nitrogens with one attached hydrogen (secondary N) is 2. The van der Waals surface area contributed by atoms with E-state index in [0.717, 1.165) is 12.8 Å². The molecular weight excluding hydrogens is 496 g/mol. The van der Waals surface area contributed by atoms with Crippen molar-refractivity contribution >= 4 is 34.4 Å². The molecule has 1 unspecified atom stereocenters. The number of anilines is 2. The van der Waals surface area contributed by atoms with E-state index in [2.05, 4.69) is 30.6 Å². The number of thiazole rings is 1. The summed E-state index contributed by atoms with van der Waals surface area (Å²) in [6.07, 6.45) is 3.62. The quantitative estimate of drug-likeness (QED) is 0.478. The van der Waals surface area contributed by atoms with Crippen LogP contribution in [-0.2, 0) is 4.74 Å². The summed E-state index contributed by atoms with van der Waals surface area (Å²) in [7, 11) is 3.40. The predicted molar refractivity (Wildman–Crippen MR) is 138 cm³/mol. The maximum absolute atomic E-state index is 12.2. The number of urea groups is 1. The normalized spacial score (nSPS) is 17.3. The lowest BCUT2D eigenvalue weighted by Gasteiger charge is -2.33. The van der Waals surface area contributed by atoms with Crippen LogP contribution in [0.5, 0.6) is 11.8 Å². The van der Waals surface area contributed by atoms with E-state index in [1.807, 2.05) is 11.8 Å². The molecule has 5 rings (SSSR count). The average molecular weight is 525 g/mol. The van der Waals surface area contributed by atoms with Gasteiger partial charge in [-0.2, -0.15) is 15.0 Å². The van der Waals surface area contributed by atoms with E-state index in [1.54, 1.807) is 44.6 Å². The number of nitrogens with zero attached hydrogens (tertiary/aromatic N) is 6. The molecule has 1 aliphatic heterocycles. The third-order valence-corrected chi connectivity index (χ3v) is 6.71. The molecule has 1 saturated heterocycles. The summed E-state index contributed by atoms with van der Waals surface area (Å²) >= 11 is 1.26. The molecule has 3 aromatic rings. The number of carbonyl (C=O) groups is 2. The van der Waals surface area contributed by atoms with Gasteiger partial charge in [-0.25, -0.2) is 9.78 Å². The lowest BCUT2D eigenvalue weighted by Crippen LogP contribution is -2.44. The van der Waals surface area contributed by atoms with Crippen molar-refractivity contribution in [3.63, 3.8) is 0 Å². The van der Waals surface area contributed by atoms with Crippen LogP contribution in [0.1, 0.15) is 30.1 Å². The van der Waals surface area contributed by atoms with Crippen LogP contribution in [0.15, 0.2) is 30.5 Å². The number of hydrogen-bond donors (Lipinski definition) is 2. The van der Waals surface area contributed by atoms with E-state index in [9.17, 15) is 9.59 Å². The van der Waals surface area contributed by atoms with Gasteiger partial charge in [-0.1, -0.05) is 11.3 Å². The number of aromatic nitrogens is 4. The van der Waals surface area contributed by atoms with E-state index in [4.69, 9.17) is 9.47 Å². The van der Waals surface area contributed by atoms with Crippen LogP contribution in [0, 0.1) is 0 Å². The molecule has 37 heavy (non-hydrogen) atoms. The number of rotatable bonds is 7. The van der Waals surface area contributed by atoms with Crippen LogP contribution < -0.4 is 20.3 Å². The largest absolute Gasteiger partial charge is 0.424 e. The zero-order valence-corrected chi connectivity index (χ0v) is 21.6. The van der Waals surface area contributed by atoms with Crippen molar-refractivity contribution in [1.82, 2.24) is 30.2 Å². The first-order valence-corrected chi connectivity index (χ1v) is 12.8. The zero-order valence-electron chi connectivity index (χ0n) is 20.8. The molecule has 1 aliphatic carbocycles. The number of ether oxygens (including phenoxy) is 2. The molecule has 2 N–H and O–H groups in total. The van der Waals surface area contributed by atoms with Gasteiger partial charge in [0.2, 0.25) is 5.95 Å². The van der Waals surface area contributed by atoms with Gasteiger partial charge in [-0.05, 0) is 44.0 Å². The second-order valence-corrected chi connectivity index (χ2v) is 10.1. The maximum Gasteiger partial charge on any atom is 0.327 e. The highest BCUT2D eigenvalue weighted by Gasteiger charge is 2.25. The van der Waals surface area contributed by atoms with Crippen molar-refractivity contribution in [2.45, 2.75) is 31.8 Å². The molecule has 2 aromatic heterocycles. The Hall–Kier alpha value is -3.84.